The number of nitrogens with zero attached hydrogens (tertiary/aromatic N) is 4. The van der Waals surface area contributed by atoms with Gasteiger partial charge in [-0.1, -0.05) is 174 Å². The molecule has 15 rings (SSSR count). The molecule has 0 radical (unpaired) electrons. The number of benzene rings is 10. The number of fused-ring (bicyclic) bond motifs is 14. The number of hydrogen-bond acceptors (Lipinski definition) is 3. The number of hydrogen-bond donors (Lipinski definition) is 0. The number of para-hydroxylation sites is 3. The van der Waals surface area contributed by atoms with E-state index in [1.54, 1.807) is 0 Å². The monoisotopic (exact) mass is 1060 g/mol. The first-order chi connectivity index (χ1) is 39.2. The second kappa shape index (κ2) is 17.4. The van der Waals surface area contributed by atoms with Gasteiger partial charge in [-0.05, 0) is 163 Å². The van der Waals surface area contributed by atoms with Crippen LogP contribution in [0.3, 0.4) is 0 Å². The van der Waals surface area contributed by atoms with E-state index in [4.69, 9.17) is 4.42 Å². The Labute approximate surface area is 482 Å². The van der Waals surface area contributed by atoms with Crippen LogP contribution in [0.25, 0.3) is 76.9 Å². The van der Waals surface area contributed by atoms with Gasteiger partial charge in [-0.25, -0.2) is 0 Å². The van der Waals surface area contributed by atoms with E-state index >= 15 is 0 Å². The minimum absolute atomic E-state index is 0.00728. The number of aromatic nitrogens is 2. The van der Waals surface area contributed by atoms with Crippen molar-refractivity contribution in [2.45, 2.75) is 105 Å². The predicted octanol–water partition coefficient (Wildman–Crippen LogP) is 19.1. The molecule has 0 aliphatic carbocycles. The Morgan fingerprint density at radius 3 is 1.13 bits per heavy atom. The third-order valence-corrected chi connectivity index (χ3v) is 18.1. The van der Waals surface area contributed by atoms with E-state index in [9.17, 15) is 0 Å². The normalized spacial score (nSPS) is 13.8. The summed E-state index contributed by atoms with van der Waals surface area (Å²) < 4.78 is 12.1. The summed E-state index contributed by atoms with van der Waals surface area (Å²) in [4.78, 5) is 5.07. The highest BCUT2D eigenvalue weighted by Crippen LogP contribution is 2.51. The van der Waals surface area contributed by atoms with E-state index in [1.807, 2.05) is 0 Å². The second-order valence-corrected chi connectivity index (χ2v) is 27.5. The van der Waals surface area contributed by atoms with Crippen LogP contribution in [-0.4, -0.2) is 15.8 Å². The lowest BCUT2D eigenvalue weighted by Gasteiger charge is -2.44. The standard InChI is InChI=1S/C76H69BN4O/c1-73(2,3)46-27-35-61-55(39-46)56-40-47(74(4,5)6)28-36-62(56)79(61)52-31-33-59-65(43-52)78(50-21-15-13-16-22-50)67-45-69-70(54-25-19-20-26-68(54)82-69)72-71(67)77(59)60-34-32-53(44-66(60)81(72)51-23-17-14-18-24-51)80-63-37-29-48(75(7,8)9)41-57(63)58-42-49(76(10,11)12)30-38-64(58)80/h13-45H,1-12H3. The van der Waals surface area contributed by atoms with Crippen molar-refractivity contribution in [2.24, 2.45) is 0 Å². The van der Waals surface area contributed by atoms with E-state index < -0.39 is 0 Å². The van der Waals surface area contributed by atoms with Gasteiger partial charge < -0.3 is 23.4 Å². The molecular formula is C76H69BN4O. The molecule has 0 bridgehead atoms. The fourth-order valence-electron chi connectivity index (χ4n) is 13.7. The van der Waals surface area contributed by atoms with E-state index in [-0.39, 0.29) is 28.4 Å². The molecule has 0 unspecified atom stereocenters. The Balaban J connectivity index is 1.04. The second-order valence-electron chi connectivity index (χ2n) is 27.5. The van der Waals surface area contributed by atoms with Crippen LogP contribution in [0.2, 0.25) is 0 Å². The average Bonchev–Trinajstić information content (AvgIpc) is 1.79. The Hall–Kier alpha value is -8.74. The summed E-state index contributed by atoms with van der Waals surface area (Å²) in [6, 6.07) is 76.1. The van der Waals surface area contributed by atoms with Crippen molar-refractivity contribution in [3.05, 3.63) is 222 Å². The molecule has 2 aliphatic heterocycles. The van der Waals surface area contributed by atoms with E-state index in [1.165, 1.54) is 82.3 Å². The third kappa shape index (κ3) is 7.52. The van der Waals surface area contributed by atoms with Crippen molar-refractivity contribution in [1.29, 1.82) is 0 Å². The zero-order chi connectivity index (χ0) is 56.5. The van der Waals surface area contributed by atoms with Gasteiger partial charge in [-0.2, -0.15) is 0 Å². The smallest absolute Gasteiger partial charge is 0.252 e. The Kier molecular flexibility index (Phi) is 10.7. The zero-order valence-corrected chi connectivity index (χ0v) is 49.3. The molecule has 5 heterocycles. The van der Waals surface area contributed by atoms with Gasteiger partial charge in [0.15, 0.2) is 0 Å². The SMILES string of the molecule is CC(C)(C)c1ccc2c(c1)c1cc(C(C)(C)C)ccc1n2-c1ccc2c(c1)N(c1ccccc1)c1cc3oc4ccccc4c3c3c1B2c1ccc(-n2c4ccc(C(C)(C)C)cc4c4cc(C(C)(C)C)ccc42)cc1N3c1ccccc1. The van der Waals surface area contributed by atoms with E-state index in [2.05, 4.69) is 302 Å². The van der Waals surface area contributed by atoms with Crippen LogP contribution in [0.15, 0.2) is 205 Å². The van der Waals surface area contributed by atoms with Crippen LogP contribution in [0, 0.1) is 0 Å². The highest BCUT2D eigenvalue weighted by molar-refractivity contribution is 7.00. The first kappa shape index (κ1) is 50.2. The van der Waals surface area contributed by atoms with Crippen molar-refractivity contribution in [1.82, 2.24) is 9.13 Å². The summed E-state index contributed by atoms with van der Waals surface area (Å²) in [5, 5.41) is 7.32. The van der Waals surface area contributed by atoms with Gasteiger partial charge in [-0.3, -0.25) is 0 Å². The molecule has 0 N–H and O–H groups in total. The lowest BCUT2D eigenvalue weighted by Crippen LogP contribution is -2.61. The third-order valence-electron chi connectivity index (χ3n) is 18.1. The highest BCUT2D eigenvalue weighted by Gasteiger charge is 2.45. The van der Waals surface area contributed by atoms with Crippen LogP contribution in [-0.2, 0) is 21.7 Å². The van der Waals surface area contributed by atoms with Crippen LogP contribution in [0.1, 0.15) is 105 Å². The molecule has 2 aliphatic rings. The predicted molar refractivity (Wildman–Crippen MR) is 351 cm³/mol. The average molecular weight is 1070 g/mol. The molecular weight excluding hydrogens is 996 g/mol. The summed E-state index contributed by atoms with van der Waals surface area (Å²) in [6.45, 7) is 27.7. The lowest BCUT2D eigenvalue weighted by molar-refractivity contribution is 0.590. The molecule has 0 spiro atoms. The van der Waals surface area contributed by atoms with Crippen molar-refractivity contribution < 1.29 is 4.42 Å². The fourth-order valence-corrected chi connectivity index (χ4v) is 13.7. The molecule has 0 fully saturated rings. The summed E-state index contributed by atoms with van der Waals surface area (Å²) in [5.41, 5.74) is 24.5. The Morgan fingerprint density at radius 1 is 0.317 bits per heavy atom. The fraction of sp³-hybridized carbons (Fsp3) is 0.211. The molecule has 6 heteroatoms. The highest BCUT2D eigenvalue weighted by atomic mass is 16.3. The van der Waals surface area contributed by atoms with Gasteiger partial charge in [0.25, 0.3) is 6.71 Å². The minimum Gasteiger partial charge on any atom is -0.456 e. The maximum Gasteiger partial charge on any atom is 0.252 e. The first-order valence-electron chi connectivity index (χ1n) is 29.4. The molecule has 0 amide bonds. The van der Waals surface area contributed by atoms with E-state index in [0.29, 0.717) is 0 Å². The van der Waals surface area contributed by atoms with Gasteiger partial charge in [0.2, 0.25) is 0 Å². The Bertz CT molecular complexity index is 4640. The molecule has 10 aromatic carbocycles. The van der Waals surface area contributed by atoms with Crippen molar-refractivity contribution in [2.75, 3.05) is 9.80 Å². The van der Waals surface area contributed by atoms with Crippen molar-refractivity contribution in [3.8, 4) is 11.4 Å². The van der Waals surface area contributed by atoms with Crippen molar-refractivity contribution in [3.63, 3.8) is 0 Å². The van der Waals surface area contributed by atoms with Gasteiger partial charge in [0, 0.05) is 72.8 Å². The van der Waals surface area contributed by atoms with Crippen LogP contribution in [0.5, 0.6) is 0 Å². The minimum atomic E-state index is -0.139. The van der Waals surface area contributed by atoms with Gasteiger partial charge in [-0.15, -0.1) is 0 Å². The largest absolute Gasteiger partial charge is 0.456 e. The summed E-state index contributed by atoms with van der Waals surface area (Å²) in [7, 11) is 0. The first-order valence-corrected chi connectivity index (χ1v) is 29.4. The Morgan fingerprint density at radius 2 is 0.707 bits per heavy atom. The number of furan rings is 1. The summed E-state index contributed by atoms with van der Waals surface area (Å²) in [6.07, 6.45) is 0. The maximum atomic E-state index is 7.09. The van der Waals surface area contributed by atoms with Gasteiger partial charge >= 0.3 is 0 Å². The van der Waals surface area contributed by atoms with Crippen LogP contribution >= 0.6 is 0 Å². The summed E-state index contributed by atoms with van der Waals surface area (Å²) in [5.74, 6) is 0. The molecule has 402 valence electrons. The lowest BCUT2D eigenvalue weighted by atomic mass is 9.33. The van der Waals surface area contributed by atoms with Gasteiger partial charge in [0.1, 0.15) is 11.2 Å². The number of rotatable bonds is 4. The molecule has 3 aromatic heterocycles. The molecule has 82 heavy (non-hydrogen) atoms. The quantitative estimate of drug-likeness (QED) is 0.165. The molecule has 13 aromatic rings. The van der Waals surface area contributed by atoms with Gasteiger partial charge in [0.05, 0.1) is 33.1 Å². The number of anilines is 6. The molecule has 0 atom stereocenters. The zero-order valence-electron chi connectivity index (χ0n) is 49.3. The molecule has 0 saturated heterocycles. The van der Waals surface area contributed by atoms with Crippen LogP contribution in [0.4, 0.5) is 34.1 Å². The van der Waals surface area contributed by atoms with E-state index in [0.717, 1.165) is 67.4 Å². The topological polar surface area (TPSA) is 29.5 Å². The summed E-state index contributed by atoms with van der Waals surface area (Å²) >= 11 is 0. The van der Waals surface area contributed by atoms with Crippen molar-refractivity contribution >= 4 is 123 Å². The van der Waals surface area contributed by atoms with Crippen LogP contribution < -0.4 is 26.2 Å². The molecule has 5 nitrogen and oxygen atoms in total. The molecule has 0 saturated carbocycles. The maximum absolute atomic E-state index is 7.09.